The largest absolute Gasteiger partial charge is 0.326 e. The molecule has 3 rings (SSSR count). The van der Waals surface area contributed by atoms with Gasteiger partial charge in [0, 0.05) is 9.32 Å². The highest BCUT2D eigenvalue weighted by molar-refractivity contribution is 14.1. The van der Waals surface area contributed by atoms with Gasteiger partial charge in [0.1, 0.15) is 6.04 Å². The van der Waals surface area contributed by atoms with Crippen LogP contribution in [0.15, 0.2) is 24.3 Å². The number of amides is 1. The summed E-state index contributed by atoms with van der Waals surface area (Å²) in [5.74, 6) is 1.79. The zero-order valence-corrected chi connectivity index (χ0v) is 12.6. The van der Waals surface area contributed by atoms with Crippen LogP contribution >= 0.6 is 46.6 Å². The van der Waals surface area contributed by atoms with E-state index in [1.54, 1.807) is 16.7 Å². The van der Waals surface area contributed by atoms with Crippen molar-refractivity contribution in [3.8, 4) is 0 Å². The minimum Gasteiger partial charge on any atom is -0.326 e. The molecule has 1 amide bonds. The molecular weight excluding hydrogens is 367 g/mol. The molecule has 1 unspecified atom stereocenters. The van der Waals surface area contributed by atoms with Crippen molar-refractivity contribution >= 4 is 63.3 Å². The fraction of sp³-hybridized carbons (Fsp3) is 0.273. The number of thiocarbonyl (C=S) groups is 1. The van der Waals surface area contributed by atoms with Crippen LogP contribution in [-0.2, 0) is 4.79 Å². The molecule has 0 radical (unpaired) electrons. The Balaban J connectivity index is 1.96. The van der Waals surface area contributed by atoms with E-state index in [1.807, 2.05) is 29.2 Å². The van der Waals surface area contributed by atoms with Gasteiger partial charge in [-0.2, -0.15) is 0 Å². The lowest BCUT2D eigenvalue weighted by molar-refractivity contribution is -0.118. The highest BCUT2D eigenvalue weighted by Crippen LogP contribution is 2.32. The van der Waals surface area contributed by atoms with Crippen molar-refractivity contribution < 1.29 is 4.79 Å². The Kier molecular flexibility index (Phi) is 3.04. The zero-order chi connectivity index (χ0) is 12.0. The Hall–Kier alpha value is -0.340. The maximum Gasteiger partial charge on any atom is 0.256 e. The van der Waals surface area contributed by atoms with E-state index in [1.165, 1.54) is 0 Å². The molecule has 6 heteroatoms. The van der Waals surface area contributed by atoms with Crippen molar-refractivity contribution in [2.24, 2.45) is 0 Å². The summed E-state index contributed by atoms with van der Waals surface area (Å²) in [4.78, 5) is 15.9. The third-order valence-electron chi connectivity index (χ3n) is 2.91. The van der Waals surface area contributed by atoms with Gasteiger partial charge in [0.25, 0.3) is 5.91 Å². The molecule has 0 aromatic heterocycles. The Bertz CT molecular complexity index is 469. The zero-order valence-electron chi connectivity index (χ0n) is 8.80. The third kappa shape index (κ3) is 1.86. The molecule has 0 spiro atoms. The summed E-state index contributed by atoms with van der Waals surface area (Å²) >= 11 is 9.40. The van der Waals surface area contributed by atoms with Crippen LogP contribution in [0.2, 0.25) is 0 Å². The molecule has 2 aliphatic rings. The number of carbonyl (C=O) groups is 1. The quantitative estimate of drug-likeness (QED) is 0.555. The third-order valence-corrected chi connectivity index (χ3v) is 5.06. The molecule has 0 bridgehead atoms. The van der Waals surface area contributed by atoms with Gasteiger partial charge < -0.3 is 4.90 Å². The van der Waals surface area contributed by atoms with Crippen molar-refractivity contribution in [1.29, 1.82) is 0 Å². The number of nitrogens with zero attached hydrogens (tertiary/aromatic N) is 2. The van der Waals surface area contributed by atoms with E-state index >= 15 is 0 Å². The topological polar surface area (TPSA) is 23.6 Å². The summed E-state index contributed by atoms with van der Waals surface area (Å²) in [6.45, 7) is 0. The molecule has 3 nitrogen and oxygen atoms in total. The Morgan fingerprint density at radius 3 is 2.71 bits per heavy atom. The predicted octanol–water partition coefficient (Wildman–Crippen LogP) is 2.30. The van der Waals surface area contributed by atoms with Crippen molar-refractivity contribution in [1.82, 2.24) is 4.90 Å². The minimum atomic E-state index is -0.0493. The van der Waals surface area contributed by atoms with E-state index in [2.05, 4.69) is 22.6 Å². The first-order chi connectivity index (χ1) is 8.18. The maximum atomic E-state index is 12.3. The molecule has 0 saturated carbocycles. The van der Waals surface area contributed by atoms with Gasteiger partial charge in [0.05, 0.1) is 11.6 Å². The number of hydrogen-bond donors (Lipinski definition) is 0. The average molecular weight is 376 g/mol. The summed E-state index contributed by atoms with van der Waals surface area (Å²) in [6.07, 6.45) is 0. The molecule has 2 aliphatic heterocycles. The number of anilines is 1. The average Bonchev–Trinajstić information content (AvgIpc) is 2.87. The van der Waals surface area contributed by atoms with Crippen LogP contribution in [-0.4, -0.2) is 33.6 Å². The molecule has 1 aromatic carbocycles. The Morgan fingerprint density at radius 2 is 2.06 bits per heavy atom. The van der Waals surface area contributed by atoms with Crippen molar-refractivity contribution in [3.63, 3.8) is 0 Å². The summed E-state index contributed by atoms with van der Waals surface area (Å²) in [5.41, 5.74) is 0.875. The lowest BCUT2D eigenvalue weighted by atomic mass is 10.2. The number of halogens is 1. The summed E-state index contributed by atoms with van der Waals surface area (Å²) in [7, 11) is 0. The lowest BCUT2D eigenvalue weighted by Gasteiger charge is -2.18. The fourth-order valence-corrected chi connectivity index (χ4v) is 4.01. The van der Waals surface area contributed by atoms with Gasteiger partial charge in [-0.3, -0.25) is 9.69 Å². The van der Waals surface area contributed by atoms with Crippen molar-refractivity contribution in [2.45, 2.75) is 6.04 Å². The molecular formula is C11H9IN2OS2. The molecule has 0 N–H and O–H groups in total. The summed E-state index contributed by atoms with van der Waals surface area (Å²) < 4.78 is 1.15. The van der Waals surface area contributed by atoms with Gasteiger partial charge in [0.15, 0.2) is 5.11 Å². The number of hydrogen-bond acceptors (Lipinski definition) is 3. The van der Waals surface area contributed by atoms with Crippen LogP contribution in [0.1, 0.15) is 0 Å². The highest BCUT2D eigenvalue weighted by Gasteiger charge is 2.45. The van der Waals surface area contributed by atoms with Gasteiger partial charge in [-0.25, -0.2) is 0 Å². The van der Waals surface area contributed by atoms with Gasteiger partial charge in [-0.1, -0.05) is 0 Å². The fourth-order valence-electron chi connectivity index (χ4n) is 2.04. The number of benzene rings is 1. The number of thioether (sulfide) groups is 1. The Labute approximate surface area is 123 Å². The van der Waals surface area contributed by atoms with Gasteiger partial charge in [0.2, 0.25) is 0 Å². The Morgan fingerprint density at radius 1 is 1.35 bits per heavy atom. The van der Waals surface area contributed by atoms with Crippen LogP contribution in [0.4, 0.5) is 5.69 Å². The predicted molar refractivity (Wildman–Crippen MR) is 82.2 cm³/mol. The second-order valence-electron chi connectivity index (χ2n) is 3.92. The first-order valence-electron chi connectivity index (χ1n) is 5.16. The van der Waals surface area contributed by atoms with Crippen LogP contribution in [0.5, 0.6) is 0 Å². The smallest absolute Gasteiger partial charge is 0.256 e. The van der Waals surface area contributed by atoms with Crippen molar-refractivity contribution in [2.75, 3.05) is 16.5 Å². The van der Waals surface area contributed by atoms with E-state index in [0.717, 1.165) is 20.9 Å². The van der Waals surface area contributed by atoms with E-state index in [4.69, 9.17) is 12.2 Å². The molecule has 2 heterocycles. The van der Waals surface area contributed by atoms with E-state index in [0.29, 0.717) is 5.11 Å². The van der Waals surface area contributed by atoms with E-state index in [-0.39, 0.29) is 11.9 Å². The molecule has 17 heavy (non-hydrogen) atoms. The van der Waals surface area contributed by atoms with Crippen LogP contribution in [0.3, 0.4) is 0 Å². The standard InChI is InChI=1S/C11H9IN2OS2/c12-7-1-3-8(4-2-7)14-10(15)9-5-17-6-13(9)11(14)16/h1-4,9H,5-6H2. The van der Waals surface area contributed by atoms with Crippen LogP contribution in [0, 0.1) is 3.57 Å². The van der Waals surface area contributed by atoms with Gasteiger partial charge in [-0.05, 0) is 59.1 Å². The lowest BCUT2D eigenvalue weighted by Crippen LogP contribution is -2.32. The summed E-state index contributed by atoms with van der Waals surface area (Å²) in [5, 5.41) is 0.645. The first-order valence-corrected chi connectivity index (χ1v) is 7.80. The van der Waals surface area contributed by atoms with Gasteiger partial charge in [-0.15, -0.1) is 11.8 Å². The number of rotatable bonds is 1. The first kappa shape index (κ1) is 11.7. The minimum absolute atomic E-state index is 0.0493. The summed E-state index contributed by atoms with van der Waals surface area (Å²) in [6, 6.07) is 7.82. The molecule has 1 aromatic rings. The molecule has 0 aliphatic carbocycles. The van der Waals surface area contributed by atoms with Crippen molar-refractivity contribution in [3.05, 3.63) is 27.8 Å². The van der Waals surface area contributed by atoms with Crippen LogP contribution in [0.25, 0.3) is 0 Å². The highest BCUT2D eigenvalue weighted by atomic mass is 127. The maximum absolute atomic E-state index is 12.3. The normalized spacial score (nSPS) is 23.5. The van der Waals surface area contributed by atoms with E-state index < -0.39 is 0 Å². The molecule has 1 atom stereocenters. The molecule has 88 valence electrons. The monoisotopic (exact) mass is 376 g/mol. The van der Waals surface area contributed by atoms with Gasteiger partial charge >= 0.3 is 0 Å². The van der Waals surface area contributed by atoms with E-state index in [9.17, 15) is 4.79 Å². The second kappa shape index (κ2) is 4.40. The second-order valence-corrected chi connectivity index (χ2v) is 6.53. The number of fused-ring (bicyclic) bond motifs is 1. The molecule has 2 fully saturated rings. The SMILES string of the molecule is O=C1C2CSCN2C(=S)N1c1ccc(I)cc1. The molecule has 2 saturated heterocycles. The number of carbonyl (C=O) groups excluding carboxylic acids is 1. The van der Waals surface area contributed by atoms with Crippen LogP contribution < -0.4 is 4.90 Å².